The molecule has 0 aliphatic carbocycles. The summed E-state index contributed by atoms with van der Waals surface area (Å²) in [6.07, 6.45) is 0.985. The summed E-state index contributed by atoms with van der Waals surface area (Å²) in [6.45, 7) is 6.65. The van der Waals surface area contributed by atoms with Gasteiger partial charge in [-0.15, -0.1) is 0 Å². The highest BCUT2D eigenvalue weighted by atomic mass is 35.5. The van der Waals surface area contributed by atoms with E-state index in [1.807, 2.05) is 19.9 Å². The molecule has 0 radical (unpaired) electrons. The molecule has 24 heavy (non-hydrogen) atoms. The van der Waals surface area contributed by atoms with Gasteiger partial charge in [-0.2, -0.15) is 0 Å². The van der Waals surface area contributed by atoms with Crippen molar-refractivity contribution in [1.82, 2.24) is 4.57 Å². The van der Waals surface area contributed by atoms with Gasteiger partial charge in [0, 0.05) is 35.6 Å². The van der Waals surface area contributed by atoms with E-state index in [1.165, 1.54) is 18.2 Å². The van der Waals surface area contributed by atoms with Crippen molar-refractivity contribution < 1.29 is 14.5 Å². The number of rotatable bonds is 7. The Labute approximate surface area is 145 Å². The van der Waals surface area contributed by atoms with Gasteiger partial charge in [0.25, 0.3) is 5.69 Å². The van der Waals surface area contributed by atoms with Crippen molar-refractivity contribution >= 4 is 23.1 Å². The maximum atomic E-state index is 12.4. The van der Waals surface area contributed by atoms with Gasteiger partial charge < -0.3 is 9.30 Å². The van der Waals surface area contributed by atoms with Crippen LogP contribution in [0.15, 0.2) is 24.3 Å². The van der Waals surface area contributed by atoms with Gasteiger partial charge in [0.2, 0.25) is 5.78 Å². The second-order valence-electron chi connectivity index (χ2n) is 5.52. The van der Waals surface area contributed by atoms with Crippen molar-refractivity contribution in [2.24, 2.45) is 0 Å². The Hall–Kier alpha value is -2.34. The first kappa shape index (κ1) is 18.0. The van der Waals surface area contributed by atoms with E-state index in [0.29, 0.717) is 5.56 Å². The van der Waals surface area contributed by atoms with Crippen molar-refractivity contribution in [3.05, 3.63) is 56.4 Å². The summed E-state index contributed by atoms with van der Waals surface area (Å²) in [5, 5.41) is 10.8. The number of ketones is 1. The number of hydrogen-bond acceptors (Lipinski definition) is 4. The largest absolute Gasteiger partial charge is 0.484 e. The molecule has 2 rings (SSSR count). The smallest absolute Gasteiger partial charge is 0.271 e. The lowest BCUT2D eigenvalue weighted by Crippen LogP contribution is -2.13. The molecule has 0 fully saturated rings. The predicted molar refractivity (Wildman–Crippen MR) is 92.1 cm³/mol. The van der Waals surface area contributed by atoms with Crippen molar-refractivity contribution in [2.75, 3.05) is 6.61 Å². The van der Waals surface area contributed by atoms with Crippen LogP contribution in [0.25, 0.3) is 0 Å². The van der Waals surface area contributed by atoms with Gasteiger partial charge >= 0.3 is 0 Å². The minimum absolute atomic E-state index is 0.105. The van der Waals surface area contributed by atoms with Crippen molar-refractivity contribution in [2.45, 2.75) is 33.7 Å². The molecule has 1 heterocycles. The van der Waals surface area contributed by atoms with E-state index in [-0.39, 0.29) is 28.8 Å². The monoisotopic (exact) mass is 350 g/mol. The van der Waals surface area contributed by atoms with E-state index in [1.54, 1.807) is 0 Å². The summed E-state index contributed by atoms with van der Waals surface area (Å²) in [6, 6.07) is 5.75. The summed E-state index contributed by atoms with van der Waals surface area (Å²) in [5.41, 5.74) is 2.45. The van der Waals surface area contributed by atoms with Crippen LogP contribution in [-0.4, -0.2) is 21.9 Å². The normalized spacial score (nSPS) is 10.7. The number of aromatic nitrogens is 1. The van der Waals surface area contributed by atoms with Crippen molar-refractivity contribution in [3.8, 4) is 5.75 Å². The second-order valence-corrected chi connectivity index (χ2v) is 5.93. The van der Waals surface area contributed by atoms with Crippen LogP contribution in [0.1, 0.15) is 35.1 Å². The molecule has 0 N–H and O–H groups in total. The molecule has 0 aliphatic rings. The molecule has 0 saturated heterocycles. The third kappa shape index (κ3) is 3.76. The molecule has 0 unspecified atom stereocenters. The van der Waals surface area contributed by atoms with Gasteiger partial charge in [0.1, 0.15) is 5.75 Å². The molecule has 0 spiro atoms. The number of nitro benzene ring substituents is 1. The predicted octanol–water partition coefficient (Wildman–Crippen LogP) is 4.34. The van der Waals surface area contributed by atoms with E-state index in [9.17, 15) is 14.9 Å². The number of hydrogen-bond donors (Lipinski definition) is 0. The fourth-order valence-corrected chi connectivity index (χ4v) is 2.82. The number of benzene rings is 1. The Morgan fingerprint density at radius 3 is 2.62 bits per heavy atom. The lowest BCUT2D eigenvalue weighted by Gasteiger charge is -2.09. The Morgan fingerprint density at radius 1 is 1.33 bits per heavy atom. The summed E-state index contributed by atoms with van der Waals surface area (Å²) < 4.78 is 7.54. The molecule has 6 nitrogen and oxygen atoms in total. The number of ether oxygens (including phenoxy) is 1. The summed E-state index contributed by atoms with van der Waals surface area (Å²) >= 11 is 5.96. The van der Waals surface area contributed by atoms with E-state index in [2.05, 4.69) is 11.5 Å². The Balaban J connectivity index is 2.11. The van der Waals surface area contributed by atoms with Gasteiger partial charge in [0.15, 0.2) is 6.61 Å². The van der Waals surface area contributed by atoms with Gasteiger partial charge in [-0.3, -0.25) is 14.9 Å². The molecular formula is C17H19ClN2O4. The standard InChI is InChI=1S/C17H19ClN2O4/c1-4-7-19-11(2)8-14(12(19)3)16(21)10-24-17-6-5-13(20(22)23)9-15(17)18/h5-6,8-9H,4,7,10H2,1-3H3. The molecule has 0 saturated carbocycles. The van der Waals surface area contributed by atoms with Crippen LogP contribution in [0.2, 0.25) is 5.02 Å². The van der Waals surface area contributed by atoms with E-state index >= 15 is 0 Å². The number of carbonyl (C=O) groups is 1. The van der Waals surface area contributed by atoms with Gasteiger partial charge in [0.05, 0.1) is 9.95 Å². The number of carbonyl (C=O) groups excluding carboxylic acids is 1. The first-order chi connectivity index (χ1) is 11.3. The molecule has 1 aromatic heterocycles. The molecule has 0 amide bonds. The Bertz CT molecular complexity index is 783. The number of nitrogens with zero attached hydrogens (tertiary/aromatic N) is 2. The molecule has 128 valence electrons. The number of halogens is 1. The van der Waals surface area contributed by atoms with Crippen molar-refractivity contribution in [3.63, 3.8) is 0 Å². The fourth-order valence-electron chi connectivity index (χ4n) is 2.59. The van der Waals surface area contributed by atoms with Crippen LogP contribution < -0.4 is 4.74 Å². The van der Waals surface area contributed by atoms with Gasteiger partial charge in [-0.1, -0.05) is 18.5 Å². The number of nitro groups is 1. The number of aryl methyl sites for hydroxylation is 1. The molecule has 0 aliphatic heterocycles. The van der Waals surface area contributed by atoms with Crippen LogP contribution >= 0.6 is 11.6 Å². The maximum Gasteiger partial charge on any atom is 0.271 e. The third-order valence-corrected chi connectivity index (χ3v) is 4.10. The number of Topliss-reactive ketones (excluding diaryl/α,β-unsaturated/α-hetero) is 1. The third-order valence-electron chi connectivity index (χ3n) is 3.81. The lowest BCUT2D eigenvalue weighted by atomic mass is 10.1. The van der Waals surface area contributed by atoms with Crippen LogP contribution in [0.4, 0.5) is 5.69 Å². The SMILES string of the molecule is CCCn1c(C)cc(C(=O)COc2ccc([N+](=O)[O-])cc2Cl)c1C. The zero-order valence-electron chi connectivity index (χ0n) is 13.8. The highest BCUT2D eigenvalue weighted by Crippen LogP contribution is 2.29. The molecular weight excluding hydrogens is 332 g/mol. The Kier molecular flexibility index (Phi) is 5.62. The minimum atomic E-state index is -0.538. The topological polar surface area (TPSA) is 74.4 Å². The first-order valence-corrected chi connectivity index (χ1v) is 7.99. The summed E-state index contributed by atoms with van der Waals surface area (Å²) in [5.74, 6) is 0.0952. The zero-order chi connectivity index (χ0) is 17.9. The maximum absolute atomic E-state index is 12.4. The molecule has 1 aromatic carbocycles. The van der Waals surface area contributed by atoms with Crippen molar-refractivity contribution in [1.29, 1.82) is 0 Å². The highest BCUT2D eigenvalue weighted by molar-refractivity contribution is 6.32. The fraction of sp³-hybridized carbons (Fsp3) is 0.353. The first-order valence-electron chi connectivity index (χ1n) is 7.61. The molecule has 7 heteroatoms. The molecule has 0 atom stereocenters. The summed E-state index contributed by atoms with van der Waals surface area (Å²) in [7, 11) is 0. The average Bonchev–Trinajstić information content (AvgIpc) is 2.82. The Morgan fingerprint density at radius 2 is 2.04 bits per heavy atom. The van der Waals surface area contributed by atoms with Gasteiger partial charge in [-0.05, 0) is 32.4 Å². The average molecular weight is 351 g/mol. The lowest BCUT2D eigenvalue weighted by molar-refractivity contribution is -0.384. The number of non-ortho nitro benzene ring substituents is 1. The second kappa shape index (κ2) is 7.49. The van der Waals surface area contributed by atoms with Crippen LogP contribution in [0, 0.1) is 24.0 Å². The van der Waals surface area contributed by atoms with Crippen LogP contribution in [0.3, 0.4) is 0 Å². The van der Waals surface area contributed by atoms with Gasteiger partial charge in [-0.25, -0.2) is 0 Å². The molecule has 0 bridgehead atoms. The zero-order valence-corrected chi connectivity index (χ0v) is 14.6. The van der Waals surface area contributed by atoms with Crippen LogP contribution in [-0.2, 0) is 6.54 Å². The van der Waals surface area contributed by atoms with E-state index in [0.717, 1.165) is 24.4 Å². The van der Waals surface area contributed by atoms with E-state index < -0.39 is 4.92 Å². The minimum Gasteiger partial charge on any atom is -0.484 e. The molecule has 2 aromatic rings. The quantitative estimate of drug-likeness (QED) is 0.423. The summed E-state index contributed by atoms with van der Waals surface area (Å²) in [4.78, 5) is 22.6. The van der Waals surface area contributed by atoms with E-state index in [4.69, 9.17) is 16.3 Å². The highest BCUT2D eigenvalue weighted by Gasteiger charge is 2.17. The van der Waals surface area contributed by atoms with Crippen LogP contribution in [0.5, 0.6) is 5.75 Å².